The number of rotatable bonds is 8. The lowest BCUT2D eigenvalue weighted by Crippen LogP contribution is -2.44. The van der Waals surface area contributed by atoms with E-state index >= 15 is 0 Å². The smallest absolute Gasteiger partial charge is 0.191 e. The van der Waals surface area contributed by atoms with Gasteiger partial charge < -0.3 is 20.5 Å². The number of nitrogens with one attached hydrogen (secondary N) is 3. The number of aromatic nitrogens is 3. The van der Waals surface area contributed by atoms with Crippen molar-refractivity contribution in [2.24, 2.45) is 4.99 Å². The Bertz CT molecular complexity index is 958. The van der Waals surface area contributed by atoms with E-state index < -0.39 is 5.60 Å². The van der Waals surface area contributed by atoms with E-state index in [0.29, 0.717) is 37.2 Å². The Kier molecular flexibility index (Phi) is 9.25. The fourth-order valence-electron chi connectivity index (χ4n) is 2.89. The molecule has 0 fully saturated rings. The molecule has 2 aromatic carbocycles. The molecule has 31 heavy (non-hydrogen) atoms. The Morgan fingerprint density at radius 2 is 1.84 bits per heavy atom. The zero-order chi connectivity index (χ0) is 21.4. The zero-order valence-corrected chi connectivity index (χ0v) is 20.3. The third-order valence-electron chi connectivity index (χ3n) is 4.61. The van der Waals surface area contributed by atoms with Crippen molar-refractivity contribution in [1.29, 1.82) is 0 Å². The minimum absolute atomic E-state index is 0. The van der Waals surface area contributed by atoms with Gasteiger partial charge in [-0.2, -0.15) is 5.10 Å². The third-order valence-corrected chi connectivity index (χ3v) is 4.61. The minimum Gasteiger partial charge on any atom is -0.497 e. The second-order valence-corrected chi connectivity index (χ2v) is 7.02. The largest absolute Gasteiger partial charge is 0.497 e. The van der Waals surface area contributed by atoms with Gasteiger partial charge in [-0.15, -0.1) is 24.0 Å². The second kappa shape index (κ2) is 11.7. The van der Waals surface area contributed by atoms with Crippen molar-refractivity contribution in [2.45, 2.75) is 26.0 Å². The summed E-state index contributed by atoms with van der Waals surface area (Å²) in [5, 5.41) is 24.3. The number of H-pyrrole nitrogens is 1. The van der Waals surface area contributed by atoms with E-state index in [4.69, 9.17) is 4.74 Å². The molecule has 8 nitrogen and oxygen atoms in total. The molecule has 0 amide bonds. The summed E-state index contributed by atoms with van der Waals surface area (Å²) in [5.74, 6) is 2.63. The van der Waals surface area contributed by atoms with Crippen LogP contribution in [0.15, 0.2) is 59.6 Å². The topological polar surface area (TPSA) is 107 Å². The van der Waals surface area contributed by atoms with Gasteiger partial charge in [0.05, 0.1) is 13.7 Å². The first-order chi connectivity index (χ1) is 14.5. The highest BCUT2D eigenvalue weighted by Gasteiger charge is 2.23. The van der Waals surface area contributed by atoms with Crippen molar-refractivity contribution < 1.29 is 9.84 Å². The molecule has 166 valence electrons. The highest BCUT2D eigenvalue weighted by Crippen LogP contribution is 2.20. The highest BCUT2D eigenvalue weighted by molar-refractivity contribution is 14.0. The Hall–Kier alpha value is -2.66. The van der Waals surface area contributed by atoms with Crippen molar-refractivity contribution in [3.8, 4) is 17.1 Å². The van der Waals surface area contributed by atoms with Gasteiger partial charge in [-0.1, -0.05) is 30.3 Å². The van der Waals surface area contributed by atoms with Crippen LogP contribution in [0.4, 0.5) is 0 Å². The van der Waals surface area contributed by atoms with Crippen LogP contribution < -0.4 is 15.4 Å². The Morgan fingerprint density at radius 1 is 1.13 bits per heavy atom. The van der Waals surface area contributed by atoms with Crippen LogP contribution in [0.1, 0.15) is 25.2 Å². The second-order valence-electron chi connectivity index (χ2n) is 7.02. The molecule has 0 spiro atoms. The van der Waals surface area contributed by atoms with Crippen molar-refractivity contribution >= 4 is 29.9 Å². The average Bonchev–Trinajstić information content (AvgIpc) is 3.25. The number of hydrogen-bond acceptors (Lipinski definition) is 5. The molecule has 0 radical (unpaired) electrons. The number of halogens is 1. The van der Waals surface area contributed by atoms with Crippen molar-refractivity contribution in [2.75, 3.05) is 20.2 Å². The Morgan fingerprint density at radius 3 is 2.48 bits per heavy atom. The van der Waals surface area contributed by atoms with Crippen LogP contribution in [0.25, 0.3) is 11.4 Å². The van der Waals surface area contributed by atoms with E-state index in [2.05, 4.69) is 30.8 Å². The summed E-state index contributed by atoms with van der Waals surface area (Å²) in [6, 6.07) is 17.1. The minimum atomic E-state index is -1.02. The molecule has 1 atom stereocenters. The molecule has 0 aliphatic rings. The van der Waals surface area contributed by atoms with E-state index in [1.54, 1.807) is 14.0 Å². The SMILES string of the molecule is CCNC(=NCc1nc(-c2ccc(OC)cc2)n[nH]1)NCC(C)(O)c1ccccc1.I. The number of aliphatic hydroxyl groups is 1. The van der Waals surface area contributed by atoms with E-state index in [-0.39, 0.29) is 24.0 Å². The monoisotopic (exact) mass is 536 g/mol. The number of aromatic amines is 1. The molecule has 1 aromatic heterocycles. The number of nitrogens with zero attached hydrogens (tertiary/aromatic N) is 3. The van der Waals surface area contributed by atoms with Gasteiger partial charge in [-0.25, -0.2) is 9.98 Å². The molecule has 0 bridgehead atoms. The van der Waals surface area contributed by atoms with E-state index in [1.165, 1.54) is 0 Å². The average molecular weight is 536 g/mol. The summed E-state index contributed by atoms with van der Waals surface area (Å²) in [7, 11) is 1.63. The molecule has 4 N–H and O–H groups in total. The molecule has 1 unspecified atom stereocenters. The maximum atomic E-state index is 10.8. The van der Waals surface area contributed by atoms with Crippen LogP contribution >= 0.6 is 24.0 Å². The molecule has 0 aliphatic carbocycles. The Labute approximate surface area is 199 Å². The molecule has 9 heteroatoms. The number of ether oxygens (including phenoxy) is 1. The standard InChI is InChI=1S/C22H28N6O2.HI/c1-4-23-21(25-15-22(2,29)17-8-6-5-7-9-17)24-14-19-26-20(28-27-19)16-10-12-18(30-3)13-11-16;/h5-13,29H,4,14-15H2,1-3H3,(H2,23,24,25)(H,26,27,28);1H. The van der Waals surface area contributed by atoms with Gasteiger partial charge in [0.2, 0.25) is 0 Å². The van der Waals surface area contributed by atoms with E-state index in [1.807, 2.05) is 61.5 Å². The van der Waals surface area contributed by atoms with Crippen molar-refractivity contribution in [3.05, 3.63) is 66.0 Å². The van der Waals surface area contributed by atoms with E-state index in [9.17, 15) is 5.11 Å². The molecule has 0 aliphatic heterocycles. The van der Waals surface area contributed by atoms with Crippen molar-refractivity contribution in [3.63, 3.8) is 0 Å². The first-order valence-corrected chi connectivity index (χ1v) is 9.87. The molecule has 1 heterocycles. The predicted molar refractivity (Wildman–Crippen MR) is 133 cm³/mol. The van der Waals surface area contributed by atoms with Crippen LogP contribution in [0.2, 0.25) is 0 Å². The van der Waals surface area contributed by atoms with Gasteiger partial charge in [-0.3, -0.25) is 5.10 Å². The fraction of sp³-hybridized carbons (Fsp3) is 0.318. The predicted octanol–water partition coefficient (Wildman–Crippen LogP) is 3.06. The van der Waals surface area contributed by atoms with Crippen LogP contribution in [0, 0.1) is 0 Å². The highest BCUT2D eigenvalue weighted by atomic mass is 127. The van der Waals surface area contributed by atoms with Crippen LogP contribution in [-0.4, -0.2) is 46.4 Å². The van der Waals surface area contributed by atoms with Crippen LogP contribution in [0.3, 0.4) is 0 Å². The number of hydrogen-bond donors (Lipinski definition) is 4. The summed E-state index contributed by atoms with van der Waals surface area (Å²) >= 11 is 0. The summed E-state index contributed by atoms with van der Waals surface area (Å²) in [5.41, 5.74) is 0.713. The molecule has 3 aromatic rings. The third kappa shape index (κ3) is 6.93. The summed E-state index contributed by atoms with van der Waals surface area (Å²) in [6.07, 6.45) is 0. The summed E-state index contributed by atoms with van der Waals surface area (Å²) in [6.45, 7) is 5.11. The van der Waals surface area contributed by atoms with Gasteiger partial charge >= 0.3 is 0 Å². The fourth-order valence-corrected chi connectivity index (χ4v) is 2.89. The van der Waals surface area contributed by atoms with Gasteiger partial charge in [0.25, 0.3) is 0 Å². The normalized spacial score (nSPS) is 13.1. The first-order valence-electron chi connectivity index (χ1n) is 9.87. The first kappa shape index (κ1) is 24.6. The lowest BCUT2D eigenvalue weighted by atomic mass is 9.96. The molecule has 0 saturated carbocycles. The molecular weight excluding hydrogens is 507 g/mol. The summed E-state index contributed by atoms with van der Waals surface area (Å²) < 4.78 is 5.18. The number of benzene rings is 2. The molecular formula is C22H29IN6O2. The quantitative estimate of drug-likeness (QED) is 0.200. The van der Waals surface area contributed by atoms with Crippen molar-refractivity contribution in [1.82, 2.24) is 25.8 Å². The zero-order valence-electron chi connectivity index (χ0n) is 17.9. The Balaban J connectivity index is 0.00000341. The number of methoxy groups -OCH3 is 1. The lowest BCUT2D eigenvalue weighted by molar-refractivity contribution is 0.0617. The number of guanidine groups is 1. The van der Waals surface area contributed by atoms with Gasteiger partial charge in [0.15, 0.2) is 11.8 Å². The van der Waals surface area contributed by atoms with Crippen LogP contribution in [0.5, 0.6) is 5.75 Å². The maximum Gasteiger partial charge on any atom is 0.191 e. The van der Waals surface area contributed by atoms with Crippen LogP contribution in [-0.2, 0) is 12.1 Å². The lowest BCUT2D eigenvalue weighted by Gasteiger charge is -2.25. The van der Waals surface area contributed by atoms with Gasteiger partial charge in [0, 0.05) is 12.1 Å². The van der Waals surface area contributed by atoms with E-state index in [0.717, 1.165) is 16.9 Å². The summed E-state index contributed by atoms with van der Waals surface area (Å²) in [4.78, 5) is 9.05. The number of aliphatic imine (C=N–C) groups is 1. The molecule has 3 rings (SSSR count). The molecule has 0 saturated heterocycles. The van der Waals surface area contributed by atoms with Gasteiger partial charge in [0.1, 0.15) is 23.7 Å². The van der Waals surface area contributed by atoms with Gasteiger partial charge in [-0.05, 0) is 43.7 Å². The maximum absolute atomic E-state index is 10.8.